The zero-order chi connectivity index (χ0) is 22.8. The van der Waals surface area contributed by atoms with Crippen LogP contribution < -0.4 is 10.6 Å². The van der Waals surface area contributed by atoms with Crippen LogP contribution in [-0.4, -0.2) is 30.9 Å². The van der Waals surface area contributed by atoms with Crippen molar-refractivity contribution in [3.8, 4) is 0 Å². The van der Waals surface area contributed by atoms with Crippen molar-refractivity contribution in [3.63, 3.8) is 0 Å². The van der Waals surface area contributed by atoms with E-state index in [4.69, 9.17) is 4.74 Å². The summed E-state index contributed by atoms with van der Waals surface area (Å²) in [7, 11) is 0. The Bertz CT molecular complexity index is 1120. The van der Waals surface area contributed by atoms with Gasteiger partial charge in [0.1, 0.15) is 12.4 Å². The molecule has 3 aromatic rings. The van der Waals surface area contributed by atoms with E-state index < -0.39 is 36.8 Å². The van der Waals surface area contributed by atoms with E-state index in [0.717, 1.165) is 11.8 Å². The van der Waals surface area contributed by atoms with Crippen LogP contribution in [0, 0.1) is 5.82 Å². The Morgan fingerprint density at radius 3 is 2.22 bits per heavy atom. The van der Waals surface area contributed by atoms with E-state index in [9.17, 15) is 18.8 Å². The Hall–Kier alpha value is -4.40. The van der Waals surface area contributed by atoms with Crippen molar-refractivity contribution in [2.24, 2.45) is 10.2 Å². The summed E-state index contributed by atoms with van der Waals surface area (Å²) < 4.78 is 17.9. The molecule has 0 heterocycles. The number of ether oxygens (including phenoxy) is 1. The summed E-state index contributed by atoms with van der Waals surface area (Å²) in [6, 6.07) is 20.9. The van der Waals surface area contributed by atoms with Gasteiger partial charge in [0, 0.05) is 11.3 Å². The van der Waals surface area contributed by atoms with Crippen LogP contribution in [0.1, 0.15) is 10.4 Å². The summed E-state index contributed by atoms with van der Waals surface area (Å²) in [5, 5.41) is 13.1. The number of benzene rings is 3. The van der Waals surface area contributed by atoms with Gasteiger partial charge in [-0.3, -0.25) is 14.4 Å². The highest BCUT2D eigenvalue weighted by Crippen LogP contribution is 2.20. The molecule has 0 aromatic heterocycles. The van der Waals surface area contributed by atoms with Crippen LogP contribution in [0.4, 0.5) is 21.5 Å². The Labute approximate surface area is 183 Å². The standard InChI is InChI=1S/C23H19FN4O4/c24-17-6-4-5-16(13-17)23(31)25-14-22(30)32-15-21(29)26-18-9-11-20(12-10-18)28-27-19-7-2-1-3-8-19/h1-13H,14-15H2,(H,25,31)(H,26,29). The van der Waals surface area contributed by atoms with Crippen LogP contribution in [0.5, 0.6) is 0 Å². The summed E-state index contributed by atoms with van der Waals surface area (Å²) >= 11 is 0. The Kier molecular flexibility index (Phi) is 7.74. The van der Waals surface area contributed by atoms with Crippen molar-refractivity contribution in [2.45, 2.75) is 0 Å². The number of carbonyl (C=O) groups is 3. The van der Waals surface area contributed by atoms with Gasteiger partial charge in [-0.15, -0.1) is 0 Å². The molecular weight excluding hydrogens is 415 g/mol. The van der Waals surface area contributed by atoms with E-state index in [1.807, 2.05) is 30.3 Å². The topological polar surface area (TPSA) is 109 Å². The van der Waals surface area contributed by atoms with E-state index >= 15 is 0 Å². The van der Waals surface area contributed by atoms with Crippen LogP contribution in [0.25, 0.3) is 0 Å². The Balaban J connectivity index is 1.40. The number of halogens is 1. The Morgan fingerprint density at radius 1 is 0.844 bits per heavy atom. The molecule has 0 saturated carbocycles. The minimum Gasteiger partial charge on any atom is -0.454 e. The highest BCUT2D eigenvalue weighted by atomic mass is 19.1. The van der Waals surface area contributed by atoms with Crippen molar-refractivity contribution >= 4 is 34.8 Å². The molecule has 32 heavy (non-hydrogen) atoms. The molecule has 0 aliphatic rings. The molecule has 0 fully saturated rings. The minimum absolute atomic E-state index is 0.0716. The van der Waals surface area contributed by atoms with Gasteiger partial charge in [-0.05, 0) is 54.6 Å². The number of azo groups is 1. The zero-order valence-electron chi connectivity index (χ0n) is 16.8. The number of esters is 1. The number of nitrogens with one attached hydrogen (secondary N) is 2. The third kappa shape index (κ3) is 7.13. The van der Waals surface area contributed by atoms with Gasteiger partial charge < -0.3 is 15.4 Å². The normalized spacial score (nSPS) is 10.5. The van der Waals surface area contributed by atoms with Crippen LogP contribution in [0.3, 0.4) is 0 Å². The van der Waals surface area contributed by atoms with E-state index in [1.165, 1.54) is 18.2 Å². The van der Waals surface area contributed by atoms with E-state index in [1.54, 1.807) is 24.3 Å². The molecule has 162 valence electrons. The van der Waals surface area contributed by atoms with E-state index in [2.05, 4.69) is 20.9 Å². The summed E-state index contributed by atoms with van der Waals surface area (Å²) in [6.07, 6.45) is 0. The molecule has 0 unspecified atom stereocenters. The van der Waals surface area contributed by atoms with Gasteiger partial charge in [-0.2, -0.15) is 10.2 Å². The second kappa shape index (κ2) is 11.1. The minimum atomic E-state index is -0.804. The molecule has 0 saturated heterocycles. The molecule has 2 N–H and O–H groups in total. The number of hydrogen-bond acceptors (Lipinski definition) is 6. The van der Waals surface area contributed by atoms with Crippen molar-refractivity contribution in [3.05, 3.63) is 90.2 Å². The summed E-state index contributed by atoms with van der Waals surface area (Å²) in [4.78, 5) is 35.5. The highest BCUT2D eigenvalue weighted by molar-refractivity contribution is 5.96. The number of nitrogens with zero attached hydrogens (tertiary/aromatic N) is 2. The fraction of sp³-hybridized carbons (Fsp3) is 0.0870. The van der Waals surface area contributed by atoms with E-state index in [-0.39, 0.29) is 5.56 Å². The third-order valence-corrected chi connectivity index (χ3v) is 4.03. The number of anilines is 1. The van der Waals surface area contributed by atoms with Gasteiger partial charge in [0.05, 0.1) is 11.4 Å². The van der Waals surface area contributed by atoms with Gasteiger partial charge in [-0.1, -0.05) is 24.3 Å². The van der Waals surface area contributed by atoms with Crippen molar-refractivity contribution in [2.75, 3.05) is 18.5 Å². The first-order valence-electron chi connectivity index (χ1n) is 9.56. The summed E-state index contributed by atoms with van der Waals surface area (Å²) in [5.41, 5.74) is 1.89. The smallest absolute Gasteiger partial charge is 0.325 e. The first-order valence-corrected chi connectivity index (χ1v) is 9.56. The molecular formula is C23H19FN4O4. The van der Waals surface area contributed by atoms with Gasteiger partial charge in [0.15, 0.2) is 6.61 Å². The number of amides is 2. The highest BCUT2D eigenvalue weighted by Gasteiger charge is 2.11. The molecule has 9 heteroatoms. The summed E-state index contributed by atoms with van der Waals surface area (Å²) in [6.45, 7) is -0.978. The fourth-order valence-electron chi connectivity index (χ4n) is 2.50. The largest absolute Gasteiger partial charge is 0.454 e. The number of rotatable bonds is 8. The molecule has 3 rings (SSSR count). The SMILES string of the molecule is O=C(COC(=O)CNC(=O)c1cccc(F)c1)Nc1ccc(N=Nc2ccccc2)cc1. The molecule has 0 radical (unpaired) electrons. The van der Waals surface area contributed by atoms with Crippen LogP contribution in [0.15, 0.2) is 89.1 Å². The second-order valence-corrected chi connectivity index (χ2v) is 6.48. The molecule has 0 spiro atoms. The lowest BCUT2D eigenvalue weighted by Crippen LogP contribution is -2.32. The van der Waals surface area contributed by atoms with Gasteiger partial charge >= 0.3 is 5.97 Å². The van der Waals surface area contributed by atoms with Crippen LogP contribution in [-0.2, 0) is 14.3 Å². The zero-order valence-corrected chi connectivity index (χ0v) is 16.8. The maximum absolute atomic E-state index is 13.1. The average molecular weight is 434 g/mol. The van der Waals surface area contributed by atoms with Gasteiger partial charge in [-0.25, -0.2) is 4.39 Å². The number of hydrogen-bond donors (Lipinski definition) is 2. The molecule has 8 nitrogen and oxygen atoms in total. The van der Waals surface area contributed by atoms with Crippen LogP contribution in [0.2, 0.25) is 0 Å². The van der Waals surface area contributed by atoms with Gasteiger partial charge in [0.2, 0.25) is 0 Å². The first kappa shape index (κ1) is 22.3. The van der Waals surface area contributed by atoms with Crippen molar-refractivity contribution in [1.82, 2.24) is 5.32 Å². The monoisotopic (exact) mass is 434 g/mol. The molecule has 0 atom stereocenters. The average Bonchev–Trinajstić information content (AvgIpc) is 2.81. The summed E-state index contributed by atoms with van der Waals surface area (Å²) in [5.74, 6) is -2.55. The van der Waals surface area contributed by atoms with Crippen molar-refractivity contribution < 1.29 is 23.5 Å². The quantitative estimate of drug-likeness (QED) is 0.410. The molecule has 0 aliphatic carbocycles. The molecule has 0 bridgehead atoms. The number of carbonyl (C=O) groups excluding carboxylic acids is 3. The lowest BCUT2D eigenvalue weighted by atomic mass is 10.2. The predicted octanol–water partition coefficient (Wildman–Crippen LogP) is 4.15. The molecule has 0 aliphatic heterocycles. The third-order valence-electron chi connectivity index (χ3n) is 4.03. The fourth-order valence-corrected chi connectivity index (χ4v) is 2.50. The van der Waals surface area contributed by atoms with Gasteiger partial charge in [0.25, 0.3) is 11.8 Å². The van der Waals surface area contributed by atoms with Crippen molar-refractivity contribution in [1.29, 1.82) is 0 Å². The molecule has 3 aromatic carbocycles. The van der Waals surface area contributed by atoms with E-state index in [0.29, 0.717) is 11.4 Å². The van der Waals surface area contributed by atoms with Crippen LogP contribution >= 0.6 is 0 Å². The lowest BCUT2D eigenvalue weighted by molar-refractivity contribution is -0.146. The molecule has 2 amide bonds. The predicted molar refractivity (Wildman–Crippen MR) is 115 cm³/mol. The lowest BCUT2D eigenvalue weighted by Gasteiger charge is -2.08. The maximum atomic E-state index is 13.1. The Morgan fingerprint density at radius 2 is 1.53 bits per heavy atom. The second-order valence-electron chi connectivity index (χ2n) is 6.48. The maximum Gasteiger partial charge on any atom is 0.325 e. The first-order chi connectivity index (χ1) is 15.5.